The van der Waals surface area contributed by atoms with Gasteiger partial charge in [0.15, 0.2) is 0 Å². The van der Waals surface area contributed by atoms with E-state index in [1.807, 2.05) is 31.2 Å². The van der Waals surface area contributed by atoms with Gasteiger partial charge < -0.3 is 4.90 Å². The Balaban J connectivity index is 1.64. The lowest BCUT2D eigenvalue weighted by Gasteiger charge is -2.44. The van der Waals surface area contributed by atoms with Crippen molar-refractivity contribution in [3.05, 3.63) is 34.7 Å². The lowest BCUT2D eigenvalue weighted by Crippen LogP contribution is -2.51. The number of piperidine rings is 1. The van der Waals surface area contributed by atoms with Crippen molar-refractivity contribution in [2.75, 3.05) is 6.54 Å². The van der Waals surface area contributed by atoms with Gasteiger partial charge in [-0.05, 0) is 50.7 Å². The summed E-state index contributed by atoms with van der Waals surface area (Å²) in [4.78, 5) is 27.9. The molecule has 1 aliphatic carbocycles. The average molecular weight is 341 g/mol. The number of nitrogens with zero attached hydrogens (tertiary/aromatic N) is 3. The van der Waals surface area contributed by atoms with E-state index in [0.29, 0.717) is 18.5 Å². The SMILES string of the molecule is CCn1c(=O)n(CC(=O)N2CCCC3CCCCC32)c2ccccc21. The smallest absolute Gasteiger partial charge is 0.329 e. The molecule has 4 rings (SSSR count). The van der Waals surface area contributed by atoms with Gasteiger partial charge in [-0.25, -0.2) is 4.79 Å². The van der Waals surface area contributed by atoms with E-state index in [1.165, 1.54) is 25.7 Å². The molecule has 0 radical (unpaired) electrons. The first-order chi connectivity index (χ1) is 12.2. The highest BCUT2D eigenvalue weighted by molar-refractivity contribution is 5.81. The molecular formula is C20H27N3O2. The minimum Gasteiger partial charge on any atom is -0.338 e. The number of aromatic nitrogens is 2. The van der Waals surface area contributed by atoms with Gasteiger partial charge in [-0.1, -0.05) is 25.0 Å². The van der Waals surface area contributed by atoms with Crippen LogP contribution in [0.3, 0.4) is 0 Å². The molecule has 2 aliphatic rings. The van der Waals surface area contributed by atoms with Crippen LogP contribution in [0, 0.1) is 5.92 Å². The van der Waals surface area contributed by atoms with E-state index in [4.69, 9.17) is 0 Å². The molecule has 1 saturated carbocycles. The molecule has 2 fully saturated rings. The highest BCUT2D eigenvalue weighted by Crippen LogP contribution is 2.35. The number of amides is 1. The molecule has 2 atom stereocenters. The van der Waals surface area contributed by atoms with Gasteiger partial charge in [0.05, 0.1) is 11.0 Å². The molecule has 1 aromatic carbocycles. The number of hydrogen-bond acceptors (Lipinski definition) is 2. The summed E-state index contributed by atoms with van der Waals surface area (Å²) in [6, 6.07) is 8.16. The molecule has 1 aromatic heterocycles. The normalized spacial score (nSPS) is 23.6. The molecule has 2 aromatic rings. The predicted molar refractivity (Wildman–Crippen MR) is 98.6 cm³/mol. The Bertz CT molecular complexity index is 833. The van der Waals surface area contributed by atoms with Crippen LogP contribution in [0.2, 0.25) is 0 Å². The van der Waals surface area contributed by atoms with Crippen molar-refractivity contribution in [1.29, 1.82) is 0 Å². The zero-order valence-electron chi connectivity index (χ0n) is 15.0. The van der Waals surface area contributed by atoms with E-state index in [1.54, 1.807) is 9.13 Å². The summed E-state index contributed by atoms with van der Waals surface area (Å²) in [6.07, 6.45) is 7.25. The van der Waals surface area contributed by atoms with Crippen LogP contribution in [0.15, 0.2) is 29.1 Å². The molecule has 25 heavy (non-hydrogen) atoms. The van der Waals surface area contributed by atoms with Gasteiger partial charge in [-0.2, -0.15) is 0 Å². The molecule has 2 unspecified atom stereocenters. The Hall–Kier alpha value is -2.04. The molecule has 2 heterocycles. The fourth-order valence-electron chi connectivity index (χ4n) is 4.89. The van der Waals surface area contributed by atoms with E-state index in [0.717, 1.165) is 30.4 Å². The van der Waals surface area contributed by atoms with Gasteiger partial charge in [0, 0.05) is 19.1 Å². The number of benzene rings is 1. The van der Waals surface area contributed by atoms with Gasteiger partial charge in [0.25, 0.3) is 0 Å². The van der Waals surface area contributed by atoms with Crippen molar-refractivity contribution < 1.29 is 4.79 Å². The summed E-state index contributed by atoms with van der Waals surface area (Å²) in [5, 5.41) is 0. The number of carbonyl (C=O) groups is 1. The Labute approximate surface area is 148 Å². The summed E-state index contributed by atoms with van der Waals surface area (Å²) in [7, 11) is 0. The van der Waals surface area contributed by atoms with Crippen molar-refractivity contribution in [1.82, 2.24) is 14.0 Å². The molecule has 0 N–H and O–H groups in total. The summed E-state index contributed by atoms with van der Waals surface area (Å²) < 4.78 is 3.41. The first kappa shape index (κ1) is 16.4. The van der Waals surface area contributed by atoms with Crippen LogP contribution in [0.5, 0.6) is 0 Å². The molecule has 1 aliphatic heterocycles. The molecule has 1 amide bonds. The van der Waals surface area contributed by atoms with Crippen LogP contribution in [0.4, 0.5) is 0 Å². The van der Waals surface area contributed by atoms with Crippen LogP contribution in [0.1, 0.15) is 45.4 Å². The number of fused-ring (bicyclic) bond motifs is 2. The first-order valence-corrected chi connectivity index (χ1v) is 9.68. The maximum atomic E-state index is 13.1. The van der Waals surface area contributed by atoms with Gasteiger partial charge in [0.1, 0.15) is 6.54 Å². The summed E-state index contributed by atoms with van der Waals surface area (Å²) in [6.45, 7) is 3.60. The van der Waals surface area contributed by atoms with Crippen molar-refractivity contribution >= 4 is 16.9 Å². The number of imidazole rings is 1. The van der Waals surface area contributed by atoms with Crippen LogP contribution >= 0.6 is 0 Å². The Morgan fingerprint density at radius 1 is 1.04 bits per heavy atom. The van der Waals surface area contributed by atoms with Gasteiger partial charge in [-0.15, -0.1) is 0 Å². The third kappa shape index (κ3) is 2.79. The van der Waals surface area contributed by atoms with Crippen LogP contribution in [0.25, 0.3) is 11.0 Å². The van der Waals surface area contributed by atoms with Crippen molar-refractivity contribution in [2.45, 2.75) is 64.6 Å². The van der Waals surface area contributed by atoms with E-state index in [-0.39, 0.29) is 18.1 Å². The highest BCUT2D eigenvalue weighted by Gasteiger charge is 2.35. The van der Waals surface area contributed by atoms with E-state index >= 15 is 0 Å². The highest BCUT2D eigenvalue weighted by atomic mass is 16.2. The fraction of sp³-hybridized carbons (Fsp3) is 0.600. The van der Waals surface area contributed by atoms with Crippen molar-refractivity contribution in [2.24, 2.45) is 5.92 Å². The molecule has 1 saturated heterocycles. The third-order valence-corrected chi connectivity index (χ3v) is 6.10. The van der Waals surface area contributed by atoms with Crippen LogP contribution in [-0.2, 0) is 17.9 Å². The van der Waals surface area contributed by atoms with Crippen LogP contribution < -0.4 is 5.69 Å². The fourth-order valence-corrected chi connectivity index (χ4v) is 4.89. The van der Waals surface area contributed by atoms with Gasteiger partial charge in [0.2, 0.25) is 5.91 Å². The Kier molecular flexibility index (Phi) is 4.40. The second-order valence-electron chi connectivity index (χ2n) is 7.44. The quantitative estimate of drug-likeness (QED) is 0.861. The molecule has 5 nitrogen and oxygen atoms in total. The standard InChI is InChI=1S/C20H27N3O2/c1-2-21-17-11-5-6-12-18(17)23(20(21)25)14-19(24)22-13-7-9-15-8-3-4-10-16(15)22/h5-6,11-12,15-16H,2-4,7-10,13-14H2,1H3. The molecule has 0 spiro atoms. The minimum atomic E-state index is -0.0748. The Morgan fingerprint density at radius 2 is 1.72 bits per heavy atom. The zero-order chi connectivity index (χ0) is 17.4. The third-order valence-electron chi connectivity index (χ3n) is 6.10. The monoisotopic (exact) mass is 341 g/mol. The number of carbonyl (C=O) groups excluding carboxylic acids is 1. The van der Waals surface area contributed by atoms with Gasteiger partial charge >= 0.3 is 5.69 Å². The van der Waals surface area contributed by atoms with E-state index < -0.39 is 0 Å². The number of rotatable bonds is 3. The lowest BCUT2D eigenvalue weighted by molar-refractivity contribution is -0.138. The number of hydrogen-bond donors (Lipinski definition) is 0. The zero-order valence-corrected chi connectivity index (χ0v) is 15.0. The second kappa shape index (κ2) is 6.70. The Morgan fingerprint density at radius 3 is 2.48 bits per heavy atom. The summed E-state index contributed by atoms with van der Waals surface area (Å²) in [5.41, 5.74) is 1.70. The second-order valence-corrected chi connectivity index (χ2v) is 7.44. The molecular weight excluding hydrogens is 314 g/mol. The minimum absolute atomic E-state index is 0.0748. The molecule has 134 valence electrons. The molecule has 0 bridgehead atoms. The largest absolute Gasteiger partial charge is 0.338 e. The predicted octanol–water partition coefficient (Wildman–Crippen LogP) is 3.00. The van der Waals surface area contributed by atoms with Crippen molar-refractivity contribution in [3.63, 3.8) is 0 Å². The first-order valence-electron chi connectivity index (χ1n) is 9.68. The molecule has 5 heteroatoms. The topological polar surface area (TPSA) is 47.2 Å². The summed E-state index contributed by atoms with van der Waals surface area (Å²) in [5.74, 6) is 0.776. The number of aryl methyl sites for hydroxylation is 1. The number of para-hydroxylation sites is 2. The maximum absolute atomic E-state index is 13.1. The van der Waals surface area contributed by atoms with Crippen molar-refractivity contribution in [3.8, 4) is 0 Å². The average Bonchev–Trinajstić information content (AvgIpc) is 2.92. The van der Waals surface area contributed by atoms with E-state index in [9.17, 15) is 9.59 Å². The van der Waals surface area contributed by atoms with Gasteiger partial charge in [-0.3, -0.25) is 13.9 Å². The lowest BCUT2D eigenvalue weighted by atomic mass is 9.78. The van der Waals surface area contributed by atoms with Crippen LogP contribution in [-0.4, -0.2) is 32.5 Å². The number of likely N-dealkylation sites (tertiary alicyclic amines) is 1. The summed E-state index contributed by atoms with van der Waals surface area (Å²) >= 11 is 0. The maximum Gasteiger partial charge on any atom is 0.329 e. The van der Waals surface area contributed by atoms with E-state index in [2.05, 4.69) is 4.90 Å².